The van der Waals surface area contributed by atoms with Crippen LogP contribution in [-0.4, -0.2) is 45.0 Å². The fourth-order valence-electron chi connectivity index (χ4n) is 2.28. The SMILES string of the molecule is COCCOc1nc(N)c2nc(NO)n(Cc3ccccc3)c2n1. The maximum absolute atomic E-state index is 9.36. The van der Waals surface area contributed by atoms with Gasteiger partial charge in [-0.3, -0.25) is 9.77 Å². The molecule has 0 aliphatic rings. The van der Waals surface area contributed by atoms with Crippen molar-refractivity contribution in [3.05, 3.63) is 35.9 Å². The predicted molar refractivity (Wildman–Crippen MR) is 88.1 cm³/mol. The summed E-state index contributed by atoms with van der Waals surface area (Å²) in [7, 11) is 1.58. The molecule has 0 spiro atoms. The van der Waals surface area contributed by atoms with Crippen molar-refractivity contribution in [1.82, 2.24) is 19.5 Å². The van der Waals surface area contributed by atoms with Crippen molar-refractivity contribution < 1.29 is 14.7 Å². The fraction of sp³-hybridized carbons (Fsp3) is 0.267. The Morgan fingerprint density at radius 3 is 2.67 bits per heavy atom. The van der Waals surface area contributed by atoms with Crippen LogP contribution in [0.1, 0.15) is 5.56 Å². The molecule has 0 amide bonds. The van der Waals surface area contributed by atoms with Crippen LogP contribution in [0.5, 0.6) is 6.01 Å². The summed E-state index contributed by atoms with van der Waals surface area (Å²) in [5.74, 6) is 0.402. The number of hydrogen-bond donors (Lipinski definition) is 3. The molecule has 4 N–H and O–H groups in total. The van der Waals surface area contributed by atoms with E-state index < -0.39 is 0 Å². The molecule has 0 saturated carbocycles. The third-order valence-electron chi connectivity index (χ3n) is 3.40. The lowest BCUT2D eigenvalue weighted by Crippen LogP contribution is -2.09. The summed E-state index contributed by atoms with van der Waals surface area (Å²) in [6, 6.07) is 9.87. The van der Waals surface area contributed by atoms with Crippen LogP contribution in [0.3, 0.4) is 0 Å². The first-order valence-corrected chi connectivity index (χ1v) is 7.32. The zero-order valence-electron chi connectivity index (χ0n) is 13.1. The van der Waals surface area contributed by atoms with Gasteiger partial charge in [-0.25, -0.2) is 10.5 Å². The fourth-order valence-corrected chi connectivity index (χ4v) is 2.28. The van der Waals surface area contributed by atoms with E-state index in [2.05, 4.69) is 20.4 Å². The number of nitrogen functional groups attached to an aromatic ring is 1. The molecule has 0 radical (unpaired) electrons. The molecule has 3 rings (SSSR count). The Hall–Kier alpha value is -2.91. The smallest absolute Gasteiger partial charge is 0.320 e. The zero-order valence-corrected chi connectivity index (χ0v) is 13.1. The number of ether oxygens (including phenoxy) is 2. The average molecular weight is 330 g/mol. The van der Waals surface area contributed by atoms with Crippen LogP contribution >= 0.6 is 0 Å². The average Bonchev–Trinajstić information content (AvgIpc) is 2.94. The van der Waals surface area contributed by atoms with Crippen LogP contribution in [0.15, 0.2) is 30.3 Å². The summed E-state index contributed by atoms with van der Waals surface area (Å²) >= 11 is 0. The molecule has 0 bridgehead atoms. The Bertz CT molecular complexity index is 821. The number of nitrogens with zero attached hydrogens (tertiary/aromatic N) is 4. The highest BCUT2D eigenvalue weighted by atomic mass is 16.5. The van der Waals surface area contributed by atoms with Gasteiger partial charge in [0.1, 0.15) is 6.61 Å². The normalized spacial score (nSPS) is 10.9. The molecule has 0 aliphatic carbocycles. The summed E-state index contributed by atoms with van der Waals surface area (Å²) < 4.78 is 12.1. The van der Waals surface area contributed by atoms with E-state index in [1.165, 1.54) is 0 Å². The first-order valence-electron chi connectivity index (χ1n) is 7.32. The lowest BCUT2D eigenvalue weighted by molar-refractivity contribution is 0.141. The van der Waals surface area contributed by atoms with Crippen molar-refractivity contribution in [3.8, 4) is 6.01 Å². The van der Waals surface area contributed by atoms with E-state index in [-0.39, 0.29) is 17.8 Å². The van der Waals surface area contributed by atoms with Gasteiger partial charge in [-0.2, -0.15) is 9.97 Å². The Kier molecular flexibility index (Phi) is 4.73. The van der Waals surface area contributed by atoms with Crippen molar-refractivity contribution in [2.24, 2.45) is 0 Å². The predicted octanol–water partition coefficient (Wildman–Crippen LogP) is 1.28. The number of rotatable bonds is 7. The van der Waals surface area contributed by atoms with Crippen molar-refractivity contribution in [1.29, 1.82) is 0 Å². The van der Waals surface area contributed by atoms with Crippen LogP contribution in [0.25, 0.3) is 11.2 Å². The van der Waals surface area contributed by atoms with Crippen LogP contribution in [-0.2, 0) is 11.3 Å². The van der Waals surface area contributed by atoms with Gasteiger partial charge in [0.2, 0.25) is 5.95 Å². The van der Waals surface area contributed by atoms with E-state index in [1.807, 2.05) is 30.3 Å². The highest BCUT2D eigenvalue weighted by Crippen LogP contribution is 2.25. The molecule has 24 heavy (non-hydrogen) atoms. The number of fused-ring (bicyclic) bond motifs is 1. The number of nitrogens with two attached hydrogens (primary N) is 1. The minimum atomic E-state index is 0.135. The van der Waals surface area contributed by atoms with Crippen molar-refractivity contribution in [3.63, 3.8) is 0 Å². The molecule has 0 saturated heterocycles. The molecule has 3 aromatic rings. The van der Waals surface area contributed by atoms with E-state index in [0.29, 0.717) is 30.9 Å². The van der Waals surface area contributed by atoms with E-state index >= 15 is 0 Å². The second-order valence-corrected chi connectivity index (χ2v) is 5.02. The summed E-state index contributed by atoms with van der Waals surface area (Å²) in [6.45, 7) is 1.17. The quantitative estimate of drug-likeness (QED) is 0.438. The monoisotopic (exact) mass is 330 g/mol. The van der Waals surface area contributed by atoms with E-state index in [1.54, 1.807) is 11.7 Å². The van der Waals surface area contributed by atoms with E-state index in [9.17, 15) is 5.21 Å². The summed E-state index contributed by atoms with van der Waals surface area (Å²) in [6.07, 6.45) is 0. The maximum atomic E-state index is 9.36. The topological polar surface area (TPSA) is 120 Å². The molecule has 9 nitrogen and oxygen atoms in total. The molecule has 0 aliphatic heterocycles. The molecule has 2 aromatic heterocycles. The highest BCUT2D eigenvalue weighted by Gasteiger charge is 2.17. The molecule has 0 atom stereocenters. The lowest BCUT2D eigenvalue weighted by Gasteiger charge is -2.09. The van der Waals surface area contributed by atoms with E-state index in [0.717, 1.165) is 5.56 Å². The molecular weight excluding hydrogens is 312 g/mol. The number of methoxy groups -OCH3 is 1. The maximum Gasteiger partial charge on any atom is 0.320 e. The van der Waals surface area contributed by atoms with E-state index in [4.69, 9.17) is 15.2 Å². The molecule has 1 aromatic carbocycles. The van der Waals surface area contributed by atoms with Crippen LogP contribution in [0.2, 0.25) is 0 Å². The lowest BCUT2D eigenvalue weighted by atomic mass is 10.2. The zero-order chi connectivity index (χ0) is 16.9. The van der Waals surface area contributed by atoms with Gasteiger partial charge < -0.3 is 15.2 Å². The summed E-state index contributed by atoms with van der Waals surface area (Å²) in [5, 5.41) is 9.36. The standard InChI is InChI=1S/C15H18N6O3/c1-23-7-8-24-15-18-12(16)11-13(19-15)21(14(17-11)20-22)9-10-5-3-2-4-6-10/h2-6,22H,7-9H2,1H3,(H,17,20)(H2,16,18,19). The van der Waals surface area contributed by atoms with Crippen molar-refractivity contribution >= 4 is 22.9 Å². The van der Waals surface area contributed by atoms with Crippen LogP contribution < -0.4 is 16.0 Å². The minimum Gasteiger partial charge on any atom is -0.461 e. The van der Waals surface area contributed by atoms with Crippen molar-refractivity contribution in [2.45, 2.75) is 6.54 Å². The molecule has 0 unspecified atom stereocenters. The first-order chi connectivity index (χ1) is 11.7. The molecule has 126 valence electrons. The largest absolute Gasteiger partial charge is 0.461 e. The van der Waals surface area contributed by atoms with Crippen molar-refractivity contribution in [2.75, 3.05) is 31.5 Å². The van der Waals surface area contributed by atoms with Gasteiger partial charge in [0.25, 0.3) is 0 Å². The van der Waals surface area contributed by atoms with Gasteiger partial charge in [0.05, 0.1) is 13.2 Å². The van der Waals surface area contributed by atoms with Gasteiger partial charge in [-0.15, -0.1) is 0 Å². The van der Waals surface area contributed by atoms with Gasteiger partial charge in [0.15, 0.2) is 17.0 Å². The summed E-state index contributed by atoms with van der Waals surface area (Å²) in [5.41, 5.74) is 9.89. The third-order valence-corrected chi connectivity index (χ3v) is 3.40. The molecule has 0 fully saturated rings. The Labute approximate surface area is 138 Å². The third kappa shape index (κ3) is 3.21. The Balaban J connectivity index is 2.01. The number of benzene rings is 1. The van der Waals surface area contributed by atoms with Crippen LogP contribution in [0, 0.1) is 0 Å². The van der Waals surface area contributed by atoms with Gasteiger partial charge >= 0.3 is 6.01 Å². The molecular formula is C15H18N6O3. The second kappa shape index (κ2) is 7.11. The summed E-state index contributed by atoms with van der Waals surface area (Å²) in [4.78, 5) is 12.7. The molecule has 9 heteroatoms. The van der Waals surface area contributed by atoms with Gasteiger partial charge in [-0.05, 0) is 5.56 Å². The number of nitrogens with one attached hydrogen (secondary N) is 1. The molecule has 2 heterocycles. The minimum absolute atomic E-state index is 0.135. The van der Waals surface area contributed by atoms with Gasteiger partial charge in [0, 0.05) is 7.11 Å². The Morgan fingerprint density at radius 1 is 1.17 bits per heavy atom. The number of aromatic nitrogens is 4. The highest BCUT2D eigenvalue weighted by molar-refractivity contribution is 5.84. The Morgan fingerprint density at radius 2 is 1.96 bits per heavy atom. The first kappa shape index (κ1) is 16.0. The number of imidazole rings is 1. The van der Waals surface area contributed by atoms with Crippen LogP contribution in [0.4, 0.5) is 11.8 Å². The number of hydrogen-bond acceptors (Lipinski definition) is 8. The second-order valence-electron chi connectivity index (χ2n) is 5.02. The van der Waals surface area contributed by atoms with Gasteiger partial charge in [-0.1, -0.05) is 30.3 Å². The number of anilines is 2.